The number of aromatic hydroxyl groups is 1. The van der Waals surface area contributed by atoms with Gasteiger partial charge in [0, 0.05) is 5.39 Å². The Balaban J connectivity index is 1.60. The van der Waals surface area contributed by atoms with Crippen LogP contribution in [0.25, 0.3) is 22.1 Å². The summed E-state index contributed by atoms with van der Waals surface area (Å²) in [6, 6.07) is 9.37. The van der Waals surface area contributed by atoms with Crippen molar-refractivity contribution in [1.82, 2.24) is 20.2 Å². The molecule has 0 spiro atoms. The summed E-state index contributed by atoms with van der Waals surface area (Å²) in [6.45, 7) is 2.03. The number of aromatic amines is 1. The van der Waals surface area contributed by atoms with E-state index in [1.165, 1.54) is 7.11 Å². The van der Waals surface area contributed by atoms with E-state index in [9.17, 15) is 5.11 Å². The first-order valence-electron chi connectivity index (χ1n) is 8.04. The van der Waals surface area contributed by atoms with E-state index in [0.717, 1.165) is 27.5 Å². The minimum absolute atomic E-state index is 0.0368. The van der Waals surface area contributed by atoms with E-state index in [0.29, 0.717) is 15.9 Å². The van der Waals surface area contributed by atoms with Crippen LogP contribution in [0.3, 0.4) is 0 Å². The number of hydrazone groups is 1. The average molecular weight is 427 g/mol. The van der Waals surface area contributed by atoms with Gasteiger partial charge in [0.1, 0.15) is 5.52 Å². The number of ether oxygens (including phenoxy) is 1. The molecule has 2 aromatic carbocycles. The second-order valence-corrected chi connectivity index (χ2v) is 6.73. The largest absolute Gasteiger partial charge is 0.503 e. The molecule has 0 amide bonds. The number of nitrogens with zero attached hydrogens (tertiary/aromatic N) is 4. The SMILES string of the molecule is COc1cc(/C=N/Nc2nnc3c(n2)[nH]c2c(C)cccc23)cc(Br)c1O. The molecule has 0 aliphatic rings. The van der Waals surface area contributed by atoms with Crippen LogP contribution in [0.15, 0.2) is 39.9 Å². The monoisotopic (exact) mass is 426 g/mol. The van der Waals surface area contributed by atoms with E-state index in [1.54, 1.807) is 18.3 Å². The van der Waals surface area contributed by atoms with Crippen LogP contribution in [0.2, 0.25) is 0 Å². The van der Waals surface area contributed by atoms with Crippen LogP contribution in [0.4, 0.5) is 5.95 Å². The lowest BCUT2D eigenvalue weighted by Gasteiger charge is -2.06. The van der Waals surface area contributed by atoms with Gasteiger partial charge in [-0.1, -0.05) is 18.2 Å². The zero-order valence-electron chi connectivity index (χ0n) is 14.5. The third kappa shape index (κ3) is 3.17. The molecule has 0 fully saturated rings. The predicted octanol–water partition coefficient (Wildman–Crippen LogP) is 3.74. The fraction of sp³-hybridized carbons (Fsp3) is 0.111. The van der Waals surface area contributed by atoms with E-state index in [4.69, 9.17) is 4.74 Å². The van der Waals surface area contributed by atoms with Gasteiger partial charge in [0.15, 0.2) is 17.1 Å². The third-order valence-electron chi connectivity index (χ3n) is 4.11. The molecule has 2 aromatic heterocycles. The Labute approximate surface area is 162 Å². The number of methoxy groups -OCH3 is 1. The summed E-state index contributed by atoms with van der Waals surface area (Å²) in [7, 11) is 1.48. The highest BCUT2D eigenvalue weighted by atomic mass is 79.9. The Kier molecular flexibility index (Phi) is 4.36. The number of hydrogen-bond acceptors (Lipinski definition) is 7. The van der Waals surface area contributed by atoms with Gasteiger partial charge < -0.3 is 14.8 Å². The molecule has 0 atom stereocenters. The third-order valence-corrected chi connectivity index (χ3v) is 4.71. The summed E-state index contributed by atoms with van der Waals surface area (Å²) in [5.74, 6) is 0.654. The maximum absolute atomic E-state index is 9.84. The van der Waals surface area contributed by atoms with Crippen molar-refractivity contribution in [3.63, 3.8) is 0 Å². The molecule has 9 heteroatoms. The van der Waals surface area contributed by atoms with Crippen molar-refractivity contribution in [3.05, 3.63) is 45.9 Å². The molecule has 0 radical (unpaired) electrons. The molecule has 0 unspecified atom stereocenters. The molecule has 0 saturated heterocycles. The molecule has 8 nitrogen and oxygen atoms in total. The fourth-order valence-corrected chi connectivity index (χ4v) is 3.24. The quantitative estimate of drug-likeness (QED) is 0.338. The highest BCUT2D eigenvalue weighted by molar-refractivity contribution is 9.10. The Morgan fingerprint density at radius 1 is 1.30 bits per heavy atom. The van der Waals surface area contributed by atoms with Crippen LogP contribution >= 0.6 is 15.9 Å². The number of fused-ring (bicyclic) bond motifs is 3. The molecular weight excluding hydrogens is 412 g/mol. The van der Waals surface area contributed by atoms with Crippen molar-refractivity contribution in [2.45, 2.75) is 6.92 Å². The zero-order chi connectivity index (χ0) is 19.0. The van der Waals surface area contributed by atoms with Crippen molar-refractivity contribution >= 4 is 50.2 Å². The molecule has 0 aliphatic heterocycles. The maximum Gasteiger partial charge on any atom is 0.265 e. The lowest BCUT2D eigenvalue weighted by atomic mass is 10.1. The standard InChI is InChI=1S/C18H15BrN6O2/c1-9-4-3-5-11-14(9)21-17-15(11)23-25-18(22-17)24-20-8-10-6-12(19)16(26)13(7-10)27-2/h3-8,26H,1-2H3,(H2,21,22,24,25)/b20-8+. The Morgan fingerprint density at radius 3 is 2.96 bits per heavy atom. The maximum atomic E-state index is 9.84. The first kappa shape index (κ1) is 17.2. The highest BCUT2D eigenvalue weighted by Gasteiger charge is 2.10. The topological polar surface area (TPSA) is 108 Å². The van der Waals surface area contributed by atoms with Crippen LogP contribution < -0.4 is 10.2 Å². The van der Waals surface area contributed by atoms with E-state index >= 15 is 0 Å². The smallest absolute Gasteiger partial charge is 0.265 e. The van der Waals surface area contributed by atoms with E-state index in [2.05, 4.69) is 46.6 Å². The Hall–Kier alpha value is -3.20. The van der Waals surface area contributed by atoms with Crippen LogP contribution in [0.5, 0.6) is 11.5 Å². The van der Waals surface area contributed by atoms with E-state index < -0.39 is 0 Å². The lowest BCUT2D eigenvalue weighted by Crippen LogP contribution is -1.99. The molecule has 4 rings (SSSR count). The van der Waals surface area contributed by atoms with Gasteiger partial charge in [0.05, 0.1) is 23.3 Å². The summed E-state index contributed by atoms with van der Waals surface area (Å²) in [6.07, 6.45) is 1.57. The van der Waals surface area contributed by atoms with E-state index in [1.807, 2.05) is 25.1 Å². The molecule has 136 valence electrons. The Morgan fingerprint density at radius 2 is 2.15 bits per heavy atom. The number of aryl methyl sites for hydroxylation is 1. The normalized spacial score (nSPS) is 11.5. The number of rotatable bonds is 4. The van der Waals surface area contributed by atoms with Crippen LogP contribution in [-0.2, 0) is 0 Å². The summed E-state index contributed by atoms with van der Waals surface area (Å²) in [5, 5.41) is 23.3. The summed E-state index contributed by atoms with van der Waals surface area (Å²) >= 11 is 3.27. The van der Waals surface area contributed by atoms with Gasteiger partial charge in [0.2, 0.25) is 0 Å². The van der Waals surface area contributed by atoms with E-state index in [-0.39, 0.29) is 11.7 Å². The van der Waals surface area contributed by atoms with Gasteiger partial charge in [-0.25, -0.2) is 5.43 Å². The van der Waals surface area contributed by atoms with Gasteiger partial charge in [-0.15, -0.1) is 10.2 Å². The molecule has 4 aromatic rings. The number of anilines is 1. The van der Waals surface area contributed by atoms with Crippen molar-refractivity contribution < 1.29 is 9.84 Å². The van der Waals surface area contributed by atoms with Crippen molar-refractivity contribution in [3.8, 4) is 11.5 Å². The first-order valence-corrected chi connectivity index (χ1v) is 8.83. The second-order valence-electron chi connectivity index (χ2n) is 5.88. The number of phenolic OH excluding ortho intramolecular Hbond substituents is 1. The average Bonchev–Trinajstić information content (AvgIpc) is 3.04. The number of nitrogens with one attached hydrogen (secondary N) is 2. The van der Waals surface area contributed by atoms with Gasteiger partial charge in [-0.05, 0) is 46.1 Å². The minimum atomic E-state index is 0.0368. The van der Waals surface area contributed by atoms with Crippen molar-refractivity contribution in [1.29, 1.82) is 0 Å². The fourth-order valence-electron chi connectivity index (χ4n) is 2.78. The number of benzene rings is 2. The molecular formula is C18H15BrN6O2. The zero-order valence-corrected chi connectivity index (χ0v) is 16.1. The number of para-hydroxylation sites is 1. The first-order chi connectivity index (χ1) is 13.1. The van der Waals surface area contributed by atoms with Crippen molar-refractivity contribution in [2.75, 3.05) is 12.5 Å². The number of aromatic nitrogens is 4. The number of hydrogen-bond donors (Lipinski definition) is 3. The lowest BCUT2D eigenvalue weighted by molar-refractivity contribution is 0.372. The molecule has 27 heavy (non-hydrogen) atoms. The molecule has 0 bridgehead atoms. The molecule has 0 aliphatic carbocycles. The second kappa shape index (κ2) is 6.84. The predicted molar refractivity (Wildman–Crippen MR) is 108 cm³/mol. The van der Waals surface area contributed by atoms with Crippen LogP contribution in [-0.4, -0.2) is 38.6 Å². The molecule has 3 N–H and O–H groups in total. The summed E-state index contributed by atoms with van der Waals surface area (Å²) in [5.41, 5.74) is 6.95. The molecule has 0 saturated carbocycles. The van der Waals surface area contributed by atoms with Crippen LogP contribution in [0, 0.1) is 6.92 Å². The highest BCUT2D eigenvalue weighted by Crippen LogP contribution is 2.34. The van der Waals surface area contributed by atoms with Gasteiger partial charge in [-0.3, -0.25) is 0 Å². The Bertz CT molecular complexity index is 1190. The van der Waals surface area contributed by atoms with Gasteiger partial charge >= 0.3 is 0 Å². The number of halogens is 1. The molecule has 2 heterocycles. The van der Waals surface area contributed by atoms with Crippen LogP contribution in [0.1, 0.15) is 11.1 Å². The number of H-pyrrole nitrogens is 1. The van der Waals surface area contributed by atoms with Crippen molar-refractivity contribution in [2.24, 2.45) is 5.10 Å². The van der Waals surface area contributed by atoms with Gasteiger partial charge in [-0.2, -0.15) is 10.1 Å². The minimum Gasteiger partial charge on any atom is -0.503 e. The summed E-state index contributed by atoms with van der Waals surface area (Å²) < 4.78 is 5.63. The van der Waals surface area contributed by atoms with Gasteiger partial charge in [0.25, 0.3) is 5.95 Å². The summed E-state index contributed by atoms with van der Waals surface area (Å²) in [4.78, 5) is 7.69. The number of phenols is 1.